The highest BCUT2D eigenvalue weighted by Gasteiger charge is 2.29. The van der Waals surface area contributed by atoms with E-state index in [1.807, 2.05) is 6.92 Å². The van der Waals surface area contributed by atoms with Gasteiger partial charge < -0.3 is 29.6 Å². The van der Waals surface area contributed by atoms with E-state index in [9.17, 15) is 28.8 Å². The Morgan fingerprint density at radius 1 is 0.528 bits per heavy atom. The van der Waals surface area contributed by atoms with E-state index in [1.54, 1.807) is 65.8 Å². The second kappa shape index (κ2) is 40.7. The van der Waals surface area contributed by atoms with Crippen LogP contribution in [0.5, 0.6) is 0 Å². The van der Waals surface area contributed by atoms with Crippen molar-refractivity contribution in [2.24, 2.45) is 5.92 Å². The fraction of sp³-hybridized carbons (Fsp3) is 0.797. The van der Waals surface area contributed by atoms with Gasteiger partial charge in [-0.2, -0.15) is 11.8 Å². The molecule has 0 bridgehead atoms. The van der Waals surface area contributed by atoms with Crippen LogP contribution in [0, 0.1) is 5.92 Å². The lowest BCUT2D eigenvalue weighted by molar-refractivity contribution is -0.158. The van der Waals surface area contributed by atoms with Crippen molar-refractivity contribution < 1.29 is 47.7 Å². The Bertz CT molecular complexity index is 1620. The Hall–Kier alpha value is -3.61. The number of benzene rings is 1. The van der Waals surface area contributed by atoms with Gasteiger partial charge in [-0.25, -0.2) is 4.79 Å². The fourth-order valence-corrected chi connectivity index (χ4v) is 9.20. The summed E-state index contributed by atoms with van der Waals surface area (Å²) in [6.07, 6.45) is 31.8. The Labute approximate surface area is 441 Å². The van der Waals surface area contributed by atoms with E-state index in [1.165, 1.54) is 140 Å². The van der Waals surface area contributed by atoms with Crippen LogP contribution >= 0.6 is 11.8 Å². The van der Waals surface area contributed by atoms with Gasteiger partial charge in [-0.3, -0.25) is 24.0 Å². The minimum Gasteiger partial charge on any atom is -0.462 e. The van der Waals surface area contributed by atoms with Crippen LogP contribution in [0.1, 0.15) is 265 Å². The third kappa shape index (κ3) is 38.0. The van der Waals surface area contributed by atoms with E-state index in [4.69, 9.17) is 18.9 Å². The zero-order chi connectivity index (χ0) is 53.5. The minimum atomic E-state index is -1.09. The Morgan fingerprint density at radius 2 is 0.958 bits per heavy atom. The molecule has 0 saturated heterocycles. The van der Waals surface area contributed by atoms with Crippen LogP contribution in [-0.2, 0) is 42.9 Å². The van der Waals surface area contributed by atoms with Crippen LogP contribution < -0.4 is 10.6 Å². The third-order valence-electron chi connectivity index (χ3n) is 12.3. The fourth-order valence-electron chi connectivity index (χ4n) is 8.13. The highest BCUT2D eigenvalue weighted by atomic mass is 32.2. The molecule has 2 N–H and O–H groups in total. The largest absolute Gasteiger partial charge is 0.462 e. The molecule has 1 rings (SSSR count). The number of hydrogen-bond acceptors (Lipinski definition) is 11. The zero-order valence-corrected chi connectivity index (χ0v) is 47.7. The number of anilines is 1. The summed E-state index contributed by atoms with van der Waals surface area (Å²) >= 11 is 1.46. The summed E-state index contributed by atoms with van der Waals surface area (Å²) in [5.41, 5.74) is -0.760. The van der Waals surface area contributed by atoms with Gasteiger partial charge in [-0.05, 0) is 85.1 Å². The molecule has 0 aliphatic heterocycles. The van der Waals surface area contributed by atoms with Gasteiger partial charge in [0.1, 0.15) is 30.0 Å². The maximum atomic E-state index is 13.3. The third-order valence-corrected chi connectivity index (χ3v) is 13.6. The zero-order valence-electron chi connectivity index (χ0n) is 46.9. The molecule has 0 fully saturated rings. The molecule has 1 unspecified atom stereocenters. The van der Waals surface area contributed by atoms with Gasteiger partial charge in [0.05, 0.1) is 0 Å². The molecule has 0 spiro atoms. The molecule has 3 atom stereocenters. The normalized spacial score (nSPS) is 12.9. The van der Waals surface area contributed by atoms with E-state index in [2.05, 4.69) is 24.5 Å². The summed E-state index contributed by atoms with van der Waals surface area (Å²) < 4.78 is 22.4. The standard InChI is InChI=1S/C59H102N2O10S/c1-10-12-14-16-18-20-22-24-26-28-30-32-34-36-52(62)68-44-50(69-53(63)37-35-33-31-29-27-25-23-21-19-17-15-13-11-2)46-72-45-47(3)55(65)60-49-40-38-48(39-41-49)56(66)61-51(57(67)71-59(7,8)9)42-43-54(64)70-58(4,5)6/h38-41,47,50-51H,10-37,42-46H2,1-9H3,(H,60,65)(H,61,66)/t47-,50+,51?/m0/s1. The summed E-state index contributed by atoms with van der Waals surface area (Å²) in [5, 5.41) is 5.60. The van der Waals surface area contributed by atoms with Crippen molar-refractivity contribution in [3.8, 4) is 0 Å². The van der Waals surface area contributed by atoms with Gasteiger partial charge in [0.15, 0.2) is 0 Å². The predicted molar refractivity (Wildman–Crippen MR) is 295 cm³/mol. The molecule has 414 valence electrons. The van der Waals surface area contributed by atoms with Crippen molar-refractivity contribution in [2.45, 2.75) is 278 Å². The maximum Gasteiger partial charge on any atom is 0.329 e. The number of amides is 2. The van der Waals surface area contributed by atoms with Gasteiger partial charge in [0.25, 0.3) is 5.91 Å². The van der Waals surface area contributed by atoms with Crippen LogP contribution in [0.2, 0.25) is 0 Å². The summed E-state index contributed by atoms with van der Waals surface area (Å²) in [6.45, 7) is 16.7. The first-order valence-electron chi connectivity index (χ1n) is 28.4. The van der Waals surface area contributed by atoms with Crippen molar-refractivity contribution in [1.82, 2.24) is 5.32 Å². The average molecular weight is 1030 g/mol. The highest BCUT2D eigenvalue weighted by Crippen LogP contribution is 2.20. The average Bonchev–Trinajstić information content (AvgIpc) is 3.31. The molecule has 1 aromatic rings. The predicted octanol–water partition coefficient (Wildman–Crippen LogP) is 15.0. The SMILES string of the molecule is CCCCCCCCCCCCCCCC(=O)OC[C@H](CSC[C@H](C)C(=O)Nc1ccc(C(=O)NC(CCC(=O)OC(C)(C)C)C(=O)OC(C)(C)C)cc1)OC(=O)CCCCCCCCCCCCCCC. The molecule has 12 nitrogen and oxygen atoms in total. The van der Waals surface area contributed by atoms with Crippen LogP contribution in [0.15, 0.2) is 24.3 Å². The van der Waals surface area contributed by atoms with Gasteiger partial charge in [-0.15, -0.1) is 0 Å². The molecule has 0 aliphatic rings. The van der Waals surface area contributed by atoms with E-state index < -0.39 is 47.1 Å². The van der Waals surface area contributed by atoms with E-state index in [0.29, 0.717) is 30.0 Å². The number of ether oxygens (including phenoxy) is 4. The monoisotopic (exact) mass is 1030 g/mol. The molecule has 72 heavy (non-hydrogen) atoms. The minimum absolute atomic E-state index is 0.00696. The van der Waals surface area contributed by atoms with Crippen molar-refractivity contribution >= 4 is 53.1 Å². The molecule has 0 saturated carbocycles. The summed E-state index contributed by atoms with van der Waals surface area (Å²) in [7, 11) is 0. The van der Waals surface area contributed by atoms with Crippen LogP contribution in [0.3, 0.4) is 0 Å². The Balaban J connectivity index is 2.68. The van der Waals surface area contributed by atoms with E-state index in [-0.39, 0.29) is 42.9 Å². The number of nitrogens with one attached hydrogen (secondary N) is 2. The second-order valence-electron chi connectivity index (χ2n) is 22.0. The van der Waals surface area contributed by atoms with Gasteiger partial charge in [0, 0.05) is 47.9 Å². The summed E-state index contributed by atoms with van der Waals surface area (Å²) in [4.78, 5) is 77.8. The second-order valence-corrected chi connectivity index (χ2v) is 23.0. The highest BCUT2D eigenvalue weighted by molar-refractivity contribution is 7.99. The quantitative estimate of drug-likeness (QED) is 0.0363. The molecular formula is C59H102N2O10S. The van der Waals surface area contributed by atoms with Crippen LogP contribution in [-0.4, -0.2) is 77.2 Å². The molecule has 0 radical (unpaired) electrons. The lowest BCUT2D eigenvalue weighted by atomic mass is 10.0. The number of rotatable bonds is 43. The molecule has 0 aromatic heterocycles. The molecular weight excluding hydrogens is 929 g/mol. The topological polar surface area (TPSA) is 163 Å². The van der Waals surface area contributed by atoms with Crippen molar-refractivity contribution in [1.29, 1.82) is 0 Å². The van der Waals surface area contributed by atoms with Crippen LogP contribution in [0.4, 0.5) is 5.69 Å². The first-order valence-corrected chi connectivity index (χ1v) is 29.6. The van der Waals surface area contributed by atoms with E-state index >= 15 is 0 Å². The molecule has 0 aliphatic carbocycles. The Morgan fingerprint density at radius 3 is 1.40 bits per heavy atom. The lowest BCUT2D eigenvalue weighted by Crippen LogP contribution is -2.44. The summed E-state index contributed by atoms with van der Waals surface area (Å²) in [6, 6.07) is 5.21. The van der Waals surface area contributed by atoms with Crippen molar-refractivity contribution in [3.05, 3.63) is 29.8 Å². The number of unbranched alkanes of at least 4 members (excludes halogenated alkanes) is 24. The summed E-state index contributed by atoms with van der Waals surface area (Å²) in [5.74, 6) is -2.11. The number of thioether (sulfide) groups is 1. The first kappa shape index (κ1) is 66.4. The molecule has 13 heteroatoms. The first-order chi connectivity index (χ1) is 34.3. The molecule has 2 amide bonds. The van der Waals surface area contributed by atoms with Gasteiger partial charge in [0.2, 0.25) is 5.91 Å². The molecule has 1 aromatic carbocycles. The number of esters is 4. The Kier molecular flexibility index (Phi) is 37.6. The van der Waals surface area contributed by atoms with Crippen molar-refractivity contribution in [3.63, 3.8) is 0 Å². The van der Waals surface area contributed by atoms with Gasteiger partial charge >= 0.3 is 23.9 Å². The van der Waals surface area contributed by atoms with Gasteiger partial charge in [-0.1, -0.05) is 175 Å². The molecule has 0 heterocycles. The maximum absolute atomic E-state index is 13.3. The van der Waals surface area contributed by atoms with E-state index in [0.717, 1.165) is 38.5 Å². The van der Waals surface area contributed by atoms with Crippen molar-refractivity contribution in [2.75, 3.05) is 23.4 Å². The number of carbonyl (C=O) groups is 6. The van der Waals surface area contributed by atoms with Crippen LogP contribution in [0.25, 0.3) is 0 Å². The number of carbonyl (C=O) groups excluding carboxylic acids is 6. The lowest BCUT2D eigenvalue weighted by Gasteiger charge is -2.25. The number of hydrogen-bond donors (Lipinski definition) is 2. The smallest absolute Gasteiger partial charge is 0.329 e.